The summed E-state index contributed by atoms with van der Waals surface area (Å²) < 4.78 is 5.47. The van der Waals surface area contributed by atoms with Gasteiger partial charge in [0.25, 0.3) is 11.8 Å². The lowest BCUT2D eigenvalue weighted by Crippen LogP contribution is -2.13. The topological polar surface area (TPSA) is 68.0 Å². The minimum atomic E-state index is -0.176. The molecule has 0 saturated carbocycles. The highest BCUT2D eigenvalue weighted by molar-refractivity contribution is 6.06. The molecule has 1 N–H and O–H groups in total. The van der Waals surface area contributed by atoms with E-state index in [9.17, 15) is 4.79 Å². The Hall–Kier alpha value is -3.73. The number of para-hydroxylation sites is 1. The smallest absolute Gasteiger partial charge is 0.260 e. The molecule has 1 heterocycles. The molecule has 0 fully saturated rings. The van der Waals surface area contributed by atoms with Crippen LogP contribution in [-0.4, -0.2) is 16.0 Å². The van der Waals surface area contributed by atoms with Gasteiger partial charge >= 0.3 is 0 Å². The van der Waals surface area contributed by atoms with E-state index >= 15 is 0 Å². The lowest BCUT2D eigenvalue weighted by Gasteiger charge is -2.09. The Morgan fingerprint density at radius 1 is 0.931 bits per heavy atom. The van der Waals surface area contributed by atoms with E-state index in [1.54, 1.807) is 0 Å². The number of carbonyl (C=O) groups excluding carboxylic acids is 1. The first kappa shape index (κ1) is 18.6. The predicted octanol–water partition coefficient (Wildman–Crippen LogP) is 5.20. The number of amides is 1. The van der Waals surface area contributed by atoms with E-state index in [0.29, 0.717) is 35.0 Å². The Labute approximate surface area is 169 Å². The average Bonchev–Trinajstić information content (AvgIpc) is 3.19. The molecule has 3 aromatic carbocycles. The Balaban J connectivity index is 1.57. The van der Waals surface area contributed by atoms with Crippen LogP contribution in [0.2, 0.25) is 0 Å². The first-order valence-corrected chi connectivity index (χ1v) is 9.44. The standard InChI is InChI=1S/C24H21N3O2/c1-16-12-13-19(14-17(16)2)23(28)25-21-11-7-6-10-20(21)24-26-22(27-29-24)15-18-8-4-3-5-9-18/h3-14H,15H2,1-2H3,(H,25,28). The molecule has 4 rings (SSSR count). The Bertz CT molecular complexity index is 1150. The SMILES string of the molecule is Cc1ccc(C(=O)Nc2ccccc2-c2nc(Cc3ccccc3)no2)cc1C. The van der Waals surface area contributed by atoms with Crippen molar-refractivity contribution in [3.05, 3.63) is 101 Å². The van der Waals surface area contributed by atoms with E-state index in [2.05, 4.69) is 15.5 Å². The predicted molar refractivity (Wildman–Crippen MR) is 113 cm³/mol. The van der Waals surface area contributed by atoms with Gasteiger partial charge < -0.3 is 9.84 Å². The second-order valence-corrected chi connectivity index (χ2v) is 6.98. The molecule has 0 aliphatic carbocycles. The third-order valence-electron chi connectivity index (χ3n) is 4.85. The normalized spacial score (nSPS) is 10.7. The quantitative estimate of drug-likeness (QED) is 0.514. The van der Waals surface area contributed by atoms with Crippen LogP contribution in [0.5, 0.6) is 0 Å². The first-order chi connectivity index (χ1) is 14.1. The maximum absolute atomic E-state index is 12.7. The lowest BCUT2D eigenvalue weighted by atomic mass is 10.1. The zero-order chi connectivity index (χ0) is 20.2. The molecule has 1 amide bonds. The largest absolute Gasteiger partial charge is 0.334 e. The van der Waals surface area contributed by atoms with Crippen molar-refractivity contribution in [2.75, 3.05) is 5.32 Å². The average molecular weight is 383 g/mol. The van der Waals surface area contributed by atoms with Gasteiger partial charge in [0.1, 0.15) is 0 Å². The van der Waals surface area contributed by atoms with Crippen molar-refractivity contribution in [3.8, 4) is 11.5 Å². The van der Waals surface area contributed by atoms with Gasteiger partial charge in [0, 0.05) is 12.0 Å². The molecule has 4 aromatic rings. The number of carbonyl (C=O) groups is 1. The van der Waals surface area contributed by atoms with E-state index < -0.39 is 0 Å². The highest BCUT2D eigenvalue weighted by atomic mass is 16.5. The van der Waals surface area contributed by atoms with Crippen LogP contribution in [0.1, 0.15) is 32.9 Å². The molecule has 0 atom stereocenters. The van der Waals surface area contributed by atoms with Crippen LogP contribution in [0.3, 0.4) is 0 Å². The molecule has 0 bridgehead atoms. The Kier molecular flexibility index (Phi) is 5.20. The number of aryl methyl sites for hydroxylation is 2. The van der Waals surface area contributed by atoms with E-state index in [1.807, 2.05) is 86.6 Å². The zero-order valence-corrected chi connectivity index (χ0v) is 16.3. The van der Waals surface area contributed by atoms with Crippen molar-refractivity contribution < 1.29 is 9.32 Å². The van der Waals surface area contributed by atoms with Crippen LogP contribution in [0.15, 0.2) is 77.3 Å². The van der Waals surface area contributed by atoms with Crippen molar-refractivity contribution in [3.63, 3.8) is 0 Å². The monoisotopic (exact) mass is 383 g/mol. The maximum Gasteiger partial charge on any atom is 0.260 e. The molecule has 144 valence electrons. The molecule has 1 aromatic heterocycles. The molecular formula is C24H21N3O2. The number of rotatable bonds is 5. The summed E-state index contributed by atoms with van der Waals surface area (Å²) in [5, 5.41) is 7.05. The van der Waals surface area contributed by atoms with Crippen molar-refractivity contribution in [1.29, 1.82) is 0 Å². The summed E-state index contributed by atoms with van der Waals surface area (Å²) >= 11 is 0. The zero-order valence-electron chi connectivity index (χ0n) is 16.3. The van der Waals surface area contributed by atoms with E-state index in [1.165, 1.54) is 0 Å². The molecule has 0 spiro atoms. The van der Waals surface area contributed by atoms with E-state index in [4.69, 9.17) is 4.52 Å². The highest BCUT2D eigenvalue weighted by Gasteiger charge is 2.15. The van der Waals surface area contributed by atoms with Crippen molar-refractivity contribution in [2.24, 2.45) is 0 Å². The molecule has 5 heteroatoms. The molecule has 0 unspecified atom stereocenters. The molecule has 0 aliphatic rings. The fourth-order valence-corrected chi connectivity index (χ4v) is 3.07. The third-order valence-corrected chi connectivity index (χ3v) is 4.85. The van der Waals surface area contributed by atoms with Gasteiger partial charge in [0.2, 0.25) is 0 Å². The second kappa shape index (κ2) is 8.10. The number of benzene rings is 3. The van der Waals surface area contributed by atoms with Crippen LogP contribution in [0.25, 0.3) is 11.5 Å². The first-order valence-electron chi connectivity index (χ1n) is 9.44. The number of anilines is 1. The third kappa shape index (κ3) is 4.24. The van der Waals surface area contributed by atoms with Gasteiger partial charge in [-0.25, -0.2) is 0 Å². The molecular weight excluding hydrogens is 362 g/mol. The summed E-state index contributed by atoms with van der Waals surface area (Å²) in [6.07, 6.45) is 0.585. The summed E-state index contributed by atoms with van der Waals surface area (Å²) in [5.74, 6) is 0.804. The van der Waals surface area contributed by atoms with Crippen LogP contribution >= 0.6 is 0 Å². The van der Waals surface area contributed by atoms with Crippen molar-refractivity contribution in [1.82, 2.24) is 10.1 Å². The molecule has 5 nitrogen and oxygen atoms in total. The van der Waals surface area contributed by atoms with Crippen LogP contribution < -0.4 is 5.32 Å². The number of aromatic nitrogens is 2. The molecule has 0 aliphatic heterocycles. The van der Waals surface area contributed by atoms with Crippen LogP contribution in [-0.2, 0) is 6.42 Å². The van der Waals surface area contributed by atoms with Crippen LogP contribution in [0, 0.1) is 13.8 Å². The summed E-state index contributed by atoms with van der Waals surface area (Å²) in [5.41, 5.74) is 5.27. The van der Waals surface area contributed by atoms with Gasteiger partial charge in [-0.3, -0.25) is 4.79 Å². The minimum Gasteiger partial charge on any atom is -0.334 e. The number of nitrogens with one attached hydrogen (secondary N) is 1. The fraction of sp³-hybridized carbons (Fsp3) is 0.125. The van der Waals surface area contributed by atoms with Gasteiger partial charge in [-0.15, -0.1) is 0 Å². The minimum absolute atomic E-state index is 0.176. The van der Waals surface area contributed by atoms with Crippen molar-refractivity contribution in [2.45, 2.75) is 20.3 Å². The summed E-state index contributed by atoms with van der Waals surface area (Å²) in [6.45, 7) is 4.02. The molecule has 0 radical (unpaired) electrons. The molecule has 29 heavy (non-hydrogen) atoms. The lowest BCUT2D eigenvalue weighted by molar-refractivity contribution is 0.102. The van der Waals surface area contributed by atoms with Gasteiger partial charge in [-0.1, -0.05) is 53.7 Å². The maximum atomic E-state index is 12.7. The van der Waals surface area contributed by atoms with Gasteiger partial charge in [-0.05, 0) is 54.8 Å². The van der Waals surface area contributed by atoms with Gasteiger partial charge in [0.15, 0.2) is 5.82 Å². The second-order valence-electron chi connectivity index (χ2n) is 6.98. The van der Waals surface area contributed by atoms with Crippen LogP contribution in [0.4, 0.5) is 5.69 Å². The van der Waals surface area contributed by atoms with Crippen molar-refractivity contribution >= 4 is 11.6 Å². The Morgan fingerprint density at radius 2 is 1.69 bits per heavy atom. The Morgan fingerprint density at radius 3 is 2.48 bits per heavy atom. The van der Waals surface area contributed by atoms with E-state index in [0.717, 1.165) is 16.7 Å². The number of hydrogen-bond acceptors (Lipinski definition) is 4. The summed E-state index contributed by atoms with van der Waals surface area (Å²) in [7, 11) is 0. The number of nitrogens with zero attached hydrogens (tertiary/aromatic N) is 2. The number of hydrogen-bond donors (Lipinski definition) is 1. The summed E-state index contributed by atoms with van der Waals surface area (Å²) in [6, 6.07) is 23.1. The van der Waals surface area contributed by atoms with E-state index in [-0.39, 0.29) is 5.91 Å². The fourth-order valence-electron chi connectivity index (χ4n) is 3.07. The van der Waals surface area contributed by atoms with Gasteiger partial charge in [0.05, 0.1) is 11.3 Å². The highest BCUT2D eigenvalue weighted by Crippen LogP contribution is 2.27. The van der Waals surface area contributed by atoms with Gasteiger partial charge in [-0.2, -0.15) is 4.98 Å². The molecule has 0 saturated heterocycles. The summed E-state index contributed by atoms with van der Waals surface area (Å²) in [4.78, 5) is 17.2.